The van der Waals surface area contributed by atoms with Crippen LogP contribution in [0, 0.1) is 0 Å². The lowest BCUT2D eigenvalue weighted by Gasteiger charge is -2.02. The summed E-state index contributed by atoms with van der Waals surface area (Å²) in [5, 5.41) is 3.29. The van der Waals surface area contributed by atoms with Crippen LogP contribution in [-0.4, -0.2) is 23.1 Å². The van der Waals surface area contributed by atoms with Gasteiger partial charge in [-0.15, -0.1) is 0 Å². The fraction of sp³-hybridized carbons (Fsp3) is 0.556. The van der Waals surface area contributed by atoms with Crippen LogP contribution in [0.15, 0.2) is 18.6 Å². The molecular weight excluding hydrogens is 164 g/mol. The molecule has 0 spiro atoms. The molecule has 0 aliphatic rings. The summed E-state index contributed by atoms with van der Waals surface area (Å²) in [5.74, 6) is 0. The van der Waals surface area contributed by atoms with Crippen LogP contribution in [0.3, 0.4) is 0 Å². The first-order valence-electron chi connectivity index (χ1n) is 4.59. The van der Waals surface area contributed by atoms with E-state index in [4.69, 9.17) is 5.73 Å². The van der Waals surface area contributed by atoms with Gasteiger partial charge in [-0.25, -0.2) is 9.97 Å². The predicted octanol–water partition coefficient (Wildman–Crippen LogP) is 0.305. The number of nitrogens with zero attached hydrogens (tertiary/aromatic N) is 2. The van der Waals surface area contributed by atoms with Crippen LogP contribution in [0.2, 0.25) is 0 Å². The van der Waals surface area contributed by atoms with E-state index in [1.807, 2.05) is 6.07 Å². The third-order valence-electron chi connectivity index (χ3n) is 1.76. The molecule has 0 aliphatic carbocycles. The van der Waals surface area contributed by atoms with E-state index in [2.05, 4.69) is 15.3 Å². The van der Waals surface area contributed by atoms with Crippen LogP contribution < -0.4 is 11.1 Å². The van der Waals surface area contributed by atoms with Crippen LogP contribution >= 0.6 is 0 Å². The monoisotopic (exact) mass is 180 g/mol. The molecule has 0 unspecified atom stereocenters. The van der Waals surface area contributed by atoms with Gasteiger partial charge in [0.05, 0.1) is 5.69 Å². The van der Waals surface area contributed by atoms with Gasteiger partial charge in [-0.05, 0) is 32.0 Å². The van der Waals surface area contributed by atoms with Crippen LogP contribution in [0.4, 0.5) is 0 Å². The van der Waals surface area contributed by atoms with E-state index >= 15 is 0 Å². The summed E-state index contributed by atoms with van der Waals surface area (Å²) in [7, 11) is 0. The molecule has 0 aliphatic heterocycles. The van der Waals surface area contributed by atoms with Crippen molar-refractivity contribution in [2.45, 2.75) is 19.4 Å². The van der Waals surface area contributed by atoms with Crippen LogP contribution in [-0.2, 0) is 6.54 Å². The highest BCUT2D eigenvalue weighted by molar-refractivity contribution is 4.96. The Morgan fingerprint density at radius 3 is 3.00 bits per heavy atom. The van der Waals surface area contributed by atoms with Gasteiger partial charge >= 0.3 is 0 Å². The number of nitrogens with one attached hydrogen (secondary N) is 1. The summed E-state index contributed by atoms with van der Waals surface area (Å²) >= 11 is 0. The van der Waals surface area contributed by atoms with Gasteiger partial charge in [0.1, 0.15) is 6.33 Å². The van der Waals surface area contributed by atoms with E-state index < -0.39 is 0 Å². The number of unbranched alkanes of at least 4 members (excludes halogenated alkanes) is 1. The van der Waals surface area contributed by atoms with Crippen molar-refractivity contribution in [1.82, 2.24) is 15.3 Å². The molecule has 4 nitrogen and oxygen atoms in total. The fourth-order valence-corrected chi connectivity index (χ4v) is 1.03. The Morgan fingerprint density at radius 1 is 1.38 bits per heavy atom. The summed E-state index contributed by atoms with van der Waals surface area (Å²) < 4.78 is 0. The average Bonchev–Trinajstić information content (AvgIpc) is 2.19. The van der Waals surface area contributed by atoms with Gasteiger partial charge in [-0.1, -0.05) is 0 Å². The smallest absolute Gasteiger partial charge is 0.115 e. The molecule has 72 valence electrons. The highest BCUT2D eigenvalue weighted by Gasteiger charge is 1.91. The minimum Gasteiger partial charge on any atom is -0.330 e. The second-order valence-corrected chi connectivity index (χ2v) is 2.87. The third-order valence-corrected chi connectivity index (χ3v) is 1.76. The number of nitrogens with two attached hydrogens (primary N) is 1. The van der Waals surface area contributed by atoms with Crippen molar-refractivity contribution >= 4 is 0 Å². The second kappa shape index (κ2) is 6.51. The molecule has 0 atom stereocenters. The van der Waals surface area contributed by atoms with E-state index in [0.29, 0.717) is 0 Å². The normalized spacial score (nSPS) is 10.2. The van der Waals surface area contributed by atoms with Crippen molar-refractivity contribution in [3.63, 3.8) is 0 Å². The molecule has 1 heterocycles. The van der Waals surface area contributed by atoms with Crippen molar-refractivity contribution in [2.24, 2.45) is 5.73 Å². The van der Waals surface area contributed by atoms with Gasteiger partial charge in [0.2, 0.25) is 0 Å². The van der Waals surface area contributed by atoms with E-state index in [9.17, 15) is 0 Å². The standard InChI is InChI=1S/C9H16N4/c10-4-1-2-5-11-7-9-3-6-12-8-13-9/h3,6,8,11H,1-2,4-5,7,10H2. The molecule has 1 rings (SSSR count). The first-order chi connectivity index (χ1) is 6.43. The summed E-state index contributed by atoms with van der Waals surface area (Å²) in [6, 6.07) is 1.91. The molecule has 3 N–H and O–H groups in total. The Hall–Kier alpha value is -1.00. The van der Waals surface area contributed by atoms with Crippen molar-refractivity contribution < 1.29 is 0 Å². The summed E-state index contributed by atoms with van der Waals surface area (Å²) in [4.78, 5) is 7.95. The predicted molar refractivity (Wildman–Crippen MR) is 52.0 cm³/mol. The number of aromatic nitrogens is 2. The highest BCUT2D eigenvalue weighted by atomic mass is 14.9. The average molecular weight is 180 g/mol. The maximum absolute atomic E-state index is 5.37. The van der Waals surface area contributed by atoms with Crippen molar-refractivity contribution in [1.29, 1.82) is 0 Å². The Kier molecular flexibility index (Phi) is 5.05. The molecule has 1 aromatic rings. The summed E-state index contributed by atoms with van der Waals surface area (Å²) in [5.41, 5.74) is 6.40. The van der Waals surface area contributed by atoms with E-state index in [1.165, 1.54) is 0 Å². The second-order valence-electron chi connectivity index (χ2n) is 2.87. The van der Waals surface area contributed by atoms with E-state index in [-0.39, 0.29) is 0 Å². The topological polar surface area (TPSA) is 63.8 Å². The maximum atomic E-state index is 5.37. The molecule has 0 bridgehead atoms. The van der Waals surface area contributed by atoms with E-state index in [0.717, 1.165) is 38.2 Å². The number of hydrogen-bond donors (Lipinski definition) is 2. The van der Waals surface area contributed by atoms with Gasteiger partial charge in [-0.3, -0.25) is 0 Å². The van der Waals surface area contributed by atoms with Crippen LogP contribution in [0.1, 0.15) is 18.5 Å². The SMILES string of the molecule is NCCCCNCc1ccncn1. The van der Waals surface area contributed by atoms with Gasteiger partial charge in [0.25, 0.3) is 0 Å². The molecule has 1 aromatic heterocycles. The van der Waals surface area contributed by atoms with Gasteiger partial charge in [-0.2, -0.15) is 0 Å². The van der Waals surface area contributed by atoms with Crippen LogP contribution in [0.5, 0.6) is 0 Å². The largest absolute Gasteiger partial charge is 0.330 e. The first kappa shape index (κ1) is 10.1. The minimum absolute atomic E-state index is 0.773. The zero-order valence-electron chi connectivity index (χ0n) is 7.74. The molecule has 0 fully saturated rings. The summed E-state index contributed by atoms with van der Waals surface area (Å²) in [6.07, 6.45) is 5.53. The van der Waals surface area contributed by atoms with Crippen LogP contribution in [0.25, 0.3) is 0 Å². The zero-order chi connectivity index (χ0) is 9.36. The molecule has 0 aromatic carbocycles. The molecular formula is C9H16N4. The van der Waals surface area contributed by atoms with Crippen molar-refractivity contribution in [2.75, 3.05) is 13.1 Å². The van der Waals surface area contributed by atoms with E-state index in [1.54, 1.807) is 12.5 Å². The minimum atomic E-state index is 0.773. The molecule has 13 heavy (non-hydrogen) atoms. The number of hydrogen-bond acceptors (Lipinski definition) is 4. The molecule has 0 saturated heterocycles. The lowest BCUT2D eigenvalue weighted by Crippen LogP contribution is -2.16. The molecule has 0 radical (unpaired) electrons. The van der Waals surface area contributed by atoms with Gasteiger partial charge in [0, 0.05) is 12.7 Å². The molecule has 4 heteroatoms. The fourth-order valence-electron chi connectivity index (χ4n) is 1.03. The Balaban J connectivity index is 2.07. The zero-order valence-corrected chi connectivity index (χ0v) is 7.74. The molecule has 0 saturated carbocycles. The Morgan fingerprint density at radius 2 is 2.31 bits per heavy atom. The Bertz CT molecular complexity index is 212. The lowest BCUT2D eigenvalue weighted by molar-refractivity contribution is 0.620. The van der Waals surface area contributed by atoms with Crippen molar-refractivity contribution in [3.05, 3.63) is 24.3 Å². The van der Waals surface area contributed by atoms with Crippen molar-refractivity contribution in [3.8, 4) is 0 Å². The maximum Gasteiger partial charge on any atom is 0.115 e. The highest BCUT2D eigenvalue weighted by Crippen LogP contribution is 1.90. The van der Waals surface area contributed by atoms with Gasteiger partial charge in [0.15, 0.2) is 0 Å². The number of rotatable bonds is 6. The van der Waals surface area contributed by atoms with Gasteiger partial charge < -0.3 is 11.1 Å². The first-order valence-corrected chi connectivity index (χ1v) is 4.59. The third kappa shape index (κ3) is 4.55. The quantitative estimate of drug-likeness (QED) is 0.618. The summed E-state index contributed by atoms with van der Waals surface area (Å²) in [6.45, 7) is 2.59. The lowest BCUT2D eigenvalue weighted by atomic mass is 10.3. The Labute approximate surface area is 78.6 Å². The molecule has 0 amide bonds.